The first-order valence-corrected chi connectivity index (χ1v) is 20.7. The van der Waals surface area contributed by atoms with Crippen LogP contribution in [0.1, 0.15) is 17.3 Å². The number of carbonyl (C=O) groups is 4. The second-order valence-corrected chi connectivity index (χ2v) is 16.5. The summed E-state index contributed by atoms with van der Waals surface area (Å²) in [5, 5.41) is 5.74. The summed E-state index contributed by atoms with van der Waals surface area (Å²) in [5.41, 5.74) is -0.104. The Kier molecular flexibility index (Phi) is 15.7. The number of hydrogen-bond donors (Lipinski definition) is 5. The molecular weight excluding hydrogens is 847 g/mol. The number of nitrogens with zero attached hydrogens (tertiary/aromatic N) is 6. The molecule has 25 nitrogen and oxygen atoms in total. The van der Waals surface area contributed by atoms with Gasteiger partial charge in [-0.05, 0) is 30.3 Å². The molecule has 28 heteroatoms. The van der Waals surface area contributed by atoms with Gasteiger partial charge >= 0.3 is 12.1 Å². The van der Waals surface area contributed by atoms with Crippen molar-refractivity contribution in [2.75, 3.05) is 64.2 Å². The number of nitrogens with one attached hydrogen (secondary N) is 5. The SMILES string of the molecule is CCS(=O)(=O)c1cccnc1S(=O)(=O)NC(=O)Nc1nc(OC)cc(OC)n1.COc1cc(OC)nc(NC(=O)NS(=O)(=O)c2cc(NC=O)ccc2C(=O)N(C)C)n1. The Morgan fingerprint density at radius 1 is 0.695 bits per heavy atom. The first-order chi connectivity index (χ1) is 27.7. The van der Waals surface area contributed by atoms with Crippen LogP contribution in [0.3, 0.4) is 0 Å². The Morgan fingerprint density at radius 2 is 1.17 bits per heavy atom. The molecule has 0 saturated heterocycles. The molecule has 0 aliphatic rings. The third-order valence-corrected chi connectivity index (χ3v) is 11.5. The average Bonchev–Trinajstić information content (AvgIpc) is 3.19. The van der Waals surface area contributed by atoms with Gasteiger partial charge in [-0.3, -0.25) is 20.2 Å². The molecule has 318 valence electrons. The maximum Gasteiger partial charge on any atom is 0.335 e. The lowest BCUT2D eigenvalue weighted by Gasteiger charge is -2.16. The molecule has 1 aromatic carbocycles. The van der Waals surface area contributed by atoms with Crippen molar-refractivity contribution in [2.45, 2.75) is 21.7 Å². The number of benzene rings is 1. The third kappa shape index (κ3) is 12.5. The molecule has 0 aliphatic carbocycles. The van der Waals surface area contributed by atoms with Gasteiger partial charge in [0.1, 0.15) is 9.79 Å². The molecule has 0 saturated carbocycles. The first-order valence-electron chi connectivity index (χ1n) is 16.1. The fourth-order valence-electron chi connectivity index (χ4n) is 4.23. The number of rotatable bonds is 15. The molecule has 5 N–H and O–H groups in total. The summed E-state index contributed by atoms with van der Waals surface area (Å²) >= 11 is 0. The van der Waals surface area contributed by atoms with Crippen LogP contribution in [0.2, 0.25) is 0 Å². The van der Waals surface area contributed by atoms with Gasteiger partial charge in [0.2, 0.25) is 41.8 Å². The predicted molar refractivity (Wildman–Crippen MR) is 205 cm³/mol. The fourth-order valence-corrected chi connectivity index (χ4v) is 7.91. The van der Waals surface area contributed by atoms with Crippen molar-refractivity contribution in [1.29, 1.82) is 0 Å². The van der Waals surface area contributed by atoms with Gasteiger partial charge in [-0.25, -0.2) is 40.9 Å². The standard InChI is InChI=1S/C17H20N6O7S.C14H17N5O7S2/c1-23(2)15(25)11-6-5-10(18-9-24)7-12(11)31(27,28)22-17(26)21-16-19-13(29-3)8-14(20-16)30-4;1-4-27(21,22)9-6-5-7-15-12(9)28(23,24)19-14(20)18-13-16-10(25-2)8-11(17-13)26-3/h5-9H,1-4H3,(H,18,24)(H2,19,20,21,22,26);5-8H,4H2,1-3H3,(H2,16,17,18,19,20). The normalized spacial score (nSPS) is 11.0. The molecule has 59 heavy (non-hydrogen) atoms. The largest absolute Gasteiger partial charge is 0.481 e. The zero-order valence-electron chi connectivity index (χ0n) is 32.0. The molecule has 3 aromatic heterocycles. The van der Waals surface area contributed by atoms with E-state index in [2.05, 4.69) is 40.9 Å². The van der Waals surface area contributed by atoms with Crippen LogP contribution in [0.15, 0.2) is 63.5 Å². The molecule has 0 aliphatic heterocycles. The minimum absolute atomic E-state index is 0.0612. The lowest BCUT2D eigenvalue weighted by atomic mass is 10.2. The van der Waals surface area contributed by atoms with Gasteiger partial charge in [-0.1, -0.05) is 6.92 Å². The number of urea groups is 2. The van der Waals surface area contributed by atoms with E-state index in [0.29, 0.717) is 6.41 Å². The van der Waals surface area contributed by atoms with Crippen molar-refractivity contribution in [3.8, 4) is 23.5 Å². The molecule has 3 heterocycles. The van der Waals surface area contributed by atoms with Gasteiger partial charge < -0.3 is 29.2 Å². The Balaban J connectivity index is 0.000000317. The summed E-state index contributed by atoms with van der Waals surface area (Å²) in [4.78, 5) is 66.6. The topological polar surface area (TPSA) is 335 Å². The van der Waals surface area contributed by atoms with Crippen molar-refractivity contribution in [1.82, 2.24) is 39.3 Å². The zero-order chi connectivity index (χ0) is 44.1. The van der Waals surface area contributed by atoms with Crippen LogP contribution < -0.4 is 44.3 Å². The van der Waals surface area contributed by atoms with Crippen molar-refractivity contribution >= 4 is 71.8 Å². The van der Waals surface area contributed by atoms with Crippen LogP contribution in [-0.2, 0) is 34.7 Å². The summed E-state index contributed by atoms with van der Waals surface area (Å²) in [5.74, 6) is -1.30. The number of sulfonamides is 2. The van der Waals surface area contributed by atoms with Crippen LogP contribution in [-0.4, -0.2) is 128 Å². The van der Waals surface area contributed by atoms with Gasteiger partial charge in [0.25, 0.3) is 26.0 Å². The van der Waals surface area contributed by atoms with Crippen LogP contribution >= 0.6 is 0 Å². The highest BCUT2D eigenvalue weighted by Crippen LogP contribution is 2.23. The molecular formula is C31H37N11O14S3. The van der Waals surface area contributed by atoms with Gasteiger partial charge in [-0.15, -0.1) is 0 Å². The van der Waals surface area contributed by atoms with E-state index in [1.165, 1.54) is 79.8 Å². The van der Waals surface area contributed by atoms with E-state index in [1.54, 1.807) is 9.44 Å². The Hall–Kier alpha value is -6.94. The van der Waals surface area contributed by atoms with E-state index in [-0.39, 0.29) is 52.4 Å². The molecule has 0 bridgehead atoms. The highest BCUT2D eigenvalue weighted by Gasteiger charge is 2.29. The summed E-state index contributed by atoms with van der Waals surface area (Å²) < 4.78 is 98.0. The van der Waals surface area contributed by atoms with E-state index in [0.717, 1.165) is 23.2 Å². The smallest absolute Gasteiger partial charge is 0.335 e. The van der Waals surface area contributed by atoms with Gasteiger partial charge in [0.15, 0.2) is 14.9 Å². The molecule has 0 atom stereocenters. The van der Waals surface area contributed by atoms with Gasteiger partial charge in [0.05, 0.1) is 51.9 Å². The molecule has 4 aromatic rings. The second-order valence-electron chi connectivity index (χ2n) is 11.1. The van der Waals surface area contributed by atoms with E-state index < -0.39 is 62.7 Å². The van der Waals surface area contributed by atoms with Gasteiger partial charge in [-0.2, -0.15) is 28.4 Å². The zero-order valence-corrected chi connectivity index (χ0v) is 34.5. The minimum Gasteiger partial charge on any atom is -0.481 e. The number of pyridine rings is 1. The van der Waals surface area contributed by atoms with Crippen LogP contribution in [0.4, 0.5) is 27.2 Å². The molecule has 0 unspecified atom stereocenters. The van der Waals surface area contributed by atoms with E-state index >= 15 is 0 Å². The number of ether oxygens (including phenoxy) is 4. The highest BCUT2D eigenvalue weighted by atomic mass is 32.2. The number of carbonyl (C=O) groups excluding carboxylic acids is 4. The van der Waals surface area contributed by atoms with E-state index in [1.807, 2.05) is 0 Å². The fraction of sp³-hybridized carbons (Fsp3) is 0.258. The minimum atomic E-state index is -4.61. The first kappa shape index (κ1) is 46.4. The molecule has 0 fully saturated rings. The lowest BCUT2D eigenvalue weighted by molar-refractivity contribution is -0.105. The molecule has 0 radical (unpaired) electrons. The van der Waals surface area contributed by atoms with E-state index in [9.17, 15) is 44.4 Å². The Bertz CT molecular complexity index is 2500. The molecule has 6 amide bonds. The number of aromatic nitrogens is 5. The van der Waals surface area contributed by atoms with Crippen LogP contribution in [0, 0.1) is 0 Å². The number of methoxy groups -OCH3 is 4. The van der Waals surface area contributed by atoms with E-state index in [4.69, 9.17) is 18.9 Å². The summed E-state index contributed by atoms with van der Waals surface area (Å²) in [6, 6.07) is 6.24. The molecule has 4 rings (SSSR count). The molecule has 0 spiro atoms. The monoisotopic (exact) mass is 883 g/mol. The van der Waals surface area contributed by atoms with Crippen LogP contribution in [0.25, 0.3) is 0 Å². The average molecular weight is 884 g/mol. The highest BCUT2D eigenvalue weighted by molar-refractivity contribution is 7.93. The summed E-state index contributed by atoms with van der Waals surface area (Å²) in [6.45, 7) is 1.35. The summed E-state index contributed by atoms with van der Waals surface area (Å²) in [6.07, 6.45) is 1.43. The van der Waals surface area contributed by atoms with Crippen molar-refractivity contribution in [3.63, 3.8) is 0 Å². The van der Waals surface area contributed by atoms with Crippen LogP contribution in [0.5, 0.6) is 23.5 Å². The maximum atomic E-state index is 12.8. The van der Waals surface area contributed by atoms with Crippen molar-refractivity contribution in [3.05, 3.63) is 54.2 Å². The maximum absolute atomic E-state index is 12.8. The number of sulfone groups is 1. The summed E-state index contributed by atoms with van der Waals surface area (Å²) in [7, 11) is -4.86. The Labute approximate surface area is 337 Å². The van der Waals surface area contributed by atoms with Crippen molar-refractivity contribution in [2.24, 2.45) is 0 Å². The number of amides is 6. The number of anilines is 3. The second kappa shape index (κ2) is 20.0. The Morgan fingerprint density at radius 3 is 1.59 bits per heavy atom. The van der Waals surface area contributed by atoms with Crippen molar-refractivity contribution < 1.29 is 63.4 Å². The quantitative estimate of drug-likeness (QED) is 0.101. The van der Waals surface area contributed by atoms with Gasteiger partial charge in [0, 0.05) is 26.0 Å². The predicted octanol–water partition coefficient (Wildman–Crippen LogP) is 0.467. The number of hydrogen-bond acceptors (Lipinski definition) is 19. The lowest BCUT2D eigenvalue weighted by Crippen LogP contribution is -2.36. The third-order valence-electron chi connectivity index (χ3n) is 6.94.